The molecule has 1 saturated heterocycles. The van der Waals surface area contributed by atoms with Gasteiger partial charge in [0.25, 0.3) is 0 Å². The lowest BCUT2D eigenvalue weighted by molar-refractivity contribution is -0.168. The number of rotatable bonds is 5. The summed E-state index contributed by atoms with van der Waals surface area (Å²) in [6, 6.07) is 4.48. The third-order valence-electron chi connectivity index (χ3n) is 4.06. The highest BCUT2D eigenvalue weighted by Crippen LogP contribution is 2.33. The van der Waals surface area contributed by atoms with Gasteiger partial charge in [0, 0.05) is 13.1 Å². The Balaban J connectivity index is 1.93. The first-order chi connectivity index (χ1) is 12.9. The summed E-state index contributed by atoms with van der Waals surface area (Å²) in [5, 5.41) is 0.0952. The molecule has 0 radical (unpaired) electrons. The number of halogens is 2. The first kappa shape index (κ1) is 22.9. The Morgan fingerprint density at radius 3 is 2.18 bits per heavy atom. The fraction of sp³-hybridized carbons (Fsp3) is 0.556. The summed E-state index contributed by atoms with van der Waals surface area (Å²) in [6.45, 7) is 4.92. The Hall–Kier alpha value is -1.35. The van der Waals surface area contributed by atoms with Crippen LogP contribution < -0.4 is 0 Å². The monoisotopic (exact) mass is 451 g/mol. The molecular formula is C18H23Cl2NO6S. The number of carbonyl (C=O) groups excluding carboxylic acids is 2. The molecule has 0 aromatic heterocycles. The molecule has 0 amide bonds. The number of nitrogens with zero attached hydrogens (tertiary/aromatic N) is 1. The van der Waals surface area contributed by atoms with Crippen LogP contribution in [0.15, 0.2) is 23.1 Å². The molecule has 1 fully saturated rings. The number of carbonyl (C=O) groups is 2. The van der Waals surface area contributed by atoms with Crippen molar-refractivity contribution in [2.75, 3.05) is 19.7 Å². The standard InChI is InChI=1S/C18H23Cl2NO6S/c1-18(2,3)27-15(22)11-26-17(23)12-7-9-21(10-8-12)28(24,25)16-13(19)5-4-6-14(16)20/h4-6,12H,7-11H2,1-3H3. The van der Waals surface area contributed by atoms with Crippen LogP contribution in [0.2, 0.25) is 10.0 Å². The molecule has 2 rings (SSSR count). The molecule has 1 aliphatic rings. The van der Waals surface area contributed by atoms with E-state index in [2.05, 4.69) is 0 Å². The summed E-state index contributed by atoms with van der Waals surface area (Å²) >= 11 is 12.0. The van der Waals surface area contributed by atoms with Gasteiger partial charge in [-0.25, -0.2) is 13.2 Å². The van der Waals surface area contributed by atoms with Gasteiger partial charge in [0.2, 0.25) is 10.0 Å². The van der Waals surface area contributed by atoms with Gasteiger partial charge in [0.1, 0.15) is 10.5 Å². The van der Waals surface area contributed by atoms with Gasteiger partial charge in [-0.1, -0.05) is 29.3 Å². The second-order valence-corrected chi connectivity index (χ2v) is 10.1. The van der Waals surface area contributed by atoms with Gasteiger partial charge in [-0.3, -0.25) is 4.79 Å². The Kier molecular flexibility index (Phi) is 7.36. The van der Waals surface area contributed by atoms with Crippen LogP contribution >= 0.6 is 23.2 Å². The number of piperidine rings is 1. The van der Waals surface area contributed by atoms with E-state index in [1.807, 2.05) is 0 Å². The number of esters is 2. The largest absolute Gasteiger partial charge is 0.457 e. The molecule has 28 heavy (non-hydrogen) atoms. The zero-order valence-electron chi connectivity index (χ0n) is 15.9. The predicted octanol–water partition coefficient (Wildman–Crippen LogP) is 3.28. The van der Waals surface area contributed by atoms with Crippen molar-refractivity contribution in [3.05, 3.63) is 28.2 Å². The Labute approximate surface area is 174 Å². The molecule has 1 heterocycles. The quantitative estimate of drug-likeness (QED) is 0.637. The summed E-state index contributed by atoms with van der Waals surface area (Å²) in [6.07, 6.45) is 0.545. The number of hydrogen-bond donors (Lipinski definition) is 0. The Morgan fingerprint density at radius 1 is 1.14 bits per heavy atom. The van der Waals surface area contributed by atoms with Crippen LogP contribution in [-0.4, -0.2) is 50.0 Å². The summed E-state index contributed by atoms with van der Waals surface area (Å²) in [5.41, 5.74) is -0.664. The van der Waals surface area contributed by atoms with Crippen LogP contribution in [0.5, 0.6) is 0 Å². The molecule has 0 atom stereocenters. The van der Waals surface area contributed by atoms with Crippen LogP contribution in [0, 0.1) is 5.92 Å². The third-order valence-corrected chi connectivity index (χ3v) is 6.91. The molecule has 0 aliphatic carbocycles. The van der Waals surface area contributed by atoms with Gasteiger partial charge in [0.05, 0.1) is 16.0 Å². The second kappa shape index (κ2) is 8.98. The van der Waals surface area contributed by atoms with Crippen molar-refractivity contribution >= 4 is 45.2 Å². The normalized spacial score (nSPS) is 16.6. The molecule has 10 heteroatoms. The SMILES string of the molecule is CC(C)(C)OC(=O)COC(=O)C1CCN(S(=O)(=O)c2c(Cl)cccc2Cl)CC1. The molecular weight excluding hydrogens is 429 g/mol. The van der Waals surface area contributed by atoms with E-state index in [0.717, 1.165) is 0 Å². The minimum Gasteiger partial charge on any atom is -0.457 e. The van der Waals surface area contributed by atoms with Gasteiger partial charge in [-0.05, 0) is 45.7 Å². The van der Waals surface area contributed by atoms with E-state index in [4.69, 9.17) is 32.7 Å². The third kappa shape index (κ3) is 5.83. The number of sulfonamides is 1. The summed E-state index contributed by atoms with van der Waals surface area (Å²) in [7, 11) is -3.88. The highest BCUT2D eigenvalue weighted by atomic mass is 35.5. The van der Waals surface area contributed by atoms with Crippen LogP contribution in [0.25, 0.3) is 0 Å². The molecule has 1 aromatic rings. The summed E-state index contributed by atoms with van der Waals surface area (Å²) < 4.78 is 37.0. The van der Waals surface area contributed by atoms with Gasteiger partial charge >= 0.3 is 11.9 Å². The maximum atomic E-state index is 12.8. The van der Waals surface area contributed by atoms with Gasteiger partial charge in [0.15, 0.2) is 6.61 Å². The molecule has 0 N–H and O–H groups in total. The smallest absolute Gasteiger partial charge is 0.344 e. The first-order valence-electron chi connectivity index (χ1n) is 8.74. The predicted molar refractivity (Wildman–Crippen MR) is 105 cm³/mol. The van der Waals surface area contributed by atoms with Gasteiger partial charge < -0.3 is 9.47 Å². The fourth-order valence-electron chi connectivity index (χ4n) is 2.81. The van der Waals surface area contributed by atoms with Crippen molar-refractivity contribution in [1.29, 1.82) is 0 Å². The maximum absolute atomic E-state index is 12.8. The zero-order chi connectivity index (χ0) is 21.1. The van der Waals surface area contributed by atoms with Crippen molar-refractivity contribution in [2.24, 2.45) is 5.92 Å². The molecule has 0 bridgehead atoms. The highest BCUT2D eigenvalue weighted by molar-refractivity contribution is 7.89. The number of hydrogen-bond acceptors (Lipinski definition) is 6. The van der Waals surface area contributed by atoms with Crippen molar-refractivity contribution in [3.8, 4) is 0 Å². The van der Waals surface area contributed by atoms with Crippen molar-refractivity contribution in [1.82, 2.24) is 4.31 Å². The summed E-state index contributed by atoms with van der Waals surface area (Å²) in [5.74, 6) is -1.66. The molecule has 1 aliphatic heterocycles. The Bertz CT molecular complexity index is 822. The van der Waals surface area contributed by atoms with E-state index < -0.39 is 40.1 Å². The van der Waals surface area contributed by atoms with E-state index >= 15 is 0 Å². The lowest BCUT2D eigenvalue weighted by Crippen LogP contribution is -2.41. The molecule has 0 unspecified atom stereocenters. The minimum absolute atomic E-state index is 0.0476. The van der Waals surface area contributed by atoms with E-state index in [9.17, 15) is 18.0 Å². The second-order valence-electron chi connectivity index (χ2n) is 7.42. The molecule has 0 spiro atoms. The van der Waals surface area contributed by atoms with Crippen LogP contribution in [-0.2, 0) is 29.1 Å². The van der Waals surface area contributed by atoms with Crippen LogP contribution in [0.1, 0.15) is 33.6 Å². The summed E-state index contributed by atoms with van der Waals surface area (Å²) in [4.78, 5) is 23.7. The van der Waals surface area contributed by atoms with E-state index in [0.29, 0.717) is 0 Å². The molecule has 0 saturated carbocycles. The number of ether oxygens (including phenoxy) is 2. The van der Waals surface area contributed by atoms with Crippen LogP contribution in [0.4, 0.5) is 0 Å². The maximum Gasteiger partial charge on any atom is 0.344 e. The average Bonchev–Trinajstić information content (AvgIpc) is 2.58. The lowest BCUT2D eigenvalue weighted by atomic mass is 9.98. The minimum atomic E-state index is -3.88. The van der Waals surface area contributed by atoms with E-state index in [1.54, 1.807) is 26.8 Å². The topological polar surface area (TPSA) is 90.0 Å². The van der Waals surface area contributed by atoms with Crippen molar-refractivity contribution in [2.45, 2.75) is 44.1 Å². The zero-order valence-corrected chi connectivity index (χ0v) is 18.2. The Morgan fingerprint density at radius 2 is 1.68 bits per heavy atom. The van der Waals surface area contributed by atoms with Gasteiger partial charge in [-0.15, -0.1) is 0 Å². The van der Waals surface area contributed by atoms with E-state index in [-0.39, 0.29) is 40.9 Å². The molecule has 1 aromatic carbocycles. The van der Waals surface area contributed by atoms with Gasteiger partial charge in [-0.2, -0.15) is 4.31 Å². The highest BCUT2D eigenvalue weighted by Gasteiger charge is 2.35. The van der Waals surface area contributed by atoms with Crippen molar-refractivity contribution in [3.63, 3.8) is 0 Å². The van der Waals surface area contributed by atoms with Crippen LogP contribution in [0.3, 0.4) is 0 Å². The average molecular weight is 452 g/mol. The van der Waals surface area contributed by atoms with Crippen molar-refractivity contribution < 1.29 is 27.5 Å². The molecule has 7 nitrogen and oxygen atoms in total. The lowest BCUT2D eigenvalue weighted by Gasteiger charge is -2.30. The molecule has 156 valence electrons. The first-order valence-corrected chi connectivity index (χ1v) is 10.9. The fourth-order valence-corrected chi connectivity index (χ4v) is 5.37. The van der Waals surface area contributed by atoms with E-state index in [1.165, 1.54) is 16.4 Å². The number of benzene rings is 1.